The Hall–Kier alpha value is -1.72. The summed E-state index contributed by atoms with van der Waals surface area (Å²) in [6, 6.07) is 19.4. The van der Waals surface area contributed by atoms with E-state index < -0.39 is 5.79 Å². The van der Waals surface area contributed by atoms with Gasteiger partial charge in [-0.25, -0.2) is 0 Å². The van der Waals surface area contributed by atoms with Gasteiger partial charge in [0, 0.05) is 5.92 Å². The van der Waals surface area contributed by atoms with Crippen LogP contribution >= 0.6 is 0 Å². The van der Waals surface area contributed by atoms with Crippen molar-refractivity contribution in [2.75, 3.05) is 0 Å². The van der Waals surface area contributed by atoms with Crippen LogP contribution in [0.5, 0.6) is 0 Å². The highest BCUT2D eigenvalue weighted by atomic mass is 16.8. The van der Waals surface area contributed by atoms with E-state index in [1.165, 1.54) is 16.7 Å². The van der Waals surface area contributed by atoms with E-state index in [9.17, 15) is 0 Å². The fourth-order valence-corrected chi connectivity index (χ4v) is 4.83. The molecule has 6 atom stereocenters. The minimum Gasteiger partial charge on any atom is -0.369 e. The molecule has 148 valence electrons. The third kappa shape index (κ3) is 3.39. The molecule has 0 aliphatic carbocycles. The highest BCUT2D eigenvalue weighted by Gasteiger charge is 2.59. The van der Waals surface area contributed by atoms with Gasteiger partial charge in [-0.15, -0.1) is 0 Å². The van der Waals surface area contributed by atoms with Gasteiger partial charge in [0.25, 0.3) is 0 Å². The standard InChI is InChI=1S/C24H28O4/c1-15-9-11-17(12-10-15)19-14-18(13-16-7-5-4-6-8-16)25-21-20(19)26-23-22(21)27-24(2,3)28-23/h4-12,18-23H,13-14H2,1-3H3/t18-,19-,20+,21-,22+,23+/m0/s1. The van der Waals surface area contributed by atoms with Crippen LogP contribution in [0.2, 0.25) is 0 Å². The molecular formula is C24H28O4. The van der Waals surface area contributed by atoms with Crippen molar-refractivity contribution >= 4 is 0 Å². The molecule has 3 aliphatic rings. The van der Waals surface area contributed by atoms with Crippen molar-refractivity contribution in [2.45, 2.75) is 76.0 Å². The van der Waals surface area contributed by atoms with E-state index in [2.05, 4.69) is 61.5 Å². The molecule has 3 saturated heterocycles. The summed E-state index contributed by atoms with van der Waals surface area (Å²) in [4.78, 5) is 0. The van der Waals surface area contributed by atoms with Gasteiger partial charge in [0.2, 0.25) is 0 Å². The molecule has 0 N–H and O–H groups in total. The van der Waals surface area contributed by atoms with Crippen molar-refractivity contribution in [3.05, 3.63) is 71.3 Å². The summed E-state index contributed by atoms with van der Waals surface area (Å²) in [6.07, 6.45) is 1.28. The molecule has 4 heteroatoms. The summed E-state index contributed by atoms with van der Waals surface area (Å²) >= 11 is 0. The van der Waals surface area contributed by atoms with Crippen molar-refractivity contribution < 1.29 is 18.9 Å². The van der Waals surface area contributed by atoms with Gasteiger partial charge in [-0.2, -0.15) is 0 Å². The zero-order chi connectivity index (χ0) is 19.3. The van der Waals surface area contributed by atoms with Crippen molar-refractivity contribution in [3.8, 4) is 0 Å². The lowest BCUT2D eigenvalue weighted by atomic mass is 9.81. The second-order valence-corrected chi connectivity index (χ2v) is 8.73. The molecule has 3 aliphatic heterocycles. The first kappa shape index (κ1) is 18.3. The van der Waals surface area contributed by atoms with Gasteiger partial charge in [0.05, 0.1) is 12.2 Å². The average molecular weight is 380 g/mol. The lowest BCUT2D eigenvalue weighted by Crippen LogP contribution is -2.47. The molecule has 2 aromatic carbocycles. The number of benzene rings is 2. The van der Waals surface area contributed by atoms with Crippen LogP contribution in [0.25, 0.3) is 0 Å². The van der Waals surface area contributed by atoms with Crippen molar-refractivity contribution in [1.29, 1.82) is 0 Å². The Balaban J connectivity index is 1.43. The van der Waals surface area contributed by atoms with E-state index in [-0.39, 0.29) is 36.6 Å². The largest absolute Gasteiger partial charge is 0.369 e. The number of hydrogen-bond donors (Lipinski definition) is 0. The number of aryl methyl sites for hydroxylation is 1. The highest BCUT2D eigenvalue weighted by molar-refractivity contribution is 5.28. The molecule has 5 rings (SSSR count). The lowest BCUT2D eigenvalue weighted by molar-refractivity contribution is -0.234. The second-order valence-electron chi connectivity index (χ2n) is 8.73. The van der Waals surface area contributed by atoms with E-state index in [1.807, 2.05) is 13.8 Å². The Morgan fingerprint density at radius 2 is 1.61 bits per heavy atom. The topological polar surface area (TPSA) is 36.9 Å². The quantitative estimate of drug-likeness (QED) is 0.793. The summed E-state index contributed by atoms with van der Waals surface area (Å²) in [5.41, 5.74) is 3.88. The predicted molar refractivity (Wildman–Crippen MR) is 106 cm³/mol. The first-order valence-electron chi connectivity index (χ1n) is 10.3. The van der Waals surface area contributed by atoms with Crippen LogP contribution < -0.4 is 0 Å². The molecule has 0 unspecified atom stereocenters. The monoisotopic (exact) mass is 380 g/mol. The van der Waals surface area contributed by atoms with Crippen molar-refractivity contribution in [2.24, 2.45) is 0 Å². The molecule has 2 aromatic rings. The van der Waals surface area contributed by atoms with Crippen molar-refractivity contribution in [3.63, 3.8) is 0 Å². The van der Waals surface area contributed by atoms with E-state index in [1.54, 1.807) is 0 Å². The van der Waals surface area contributed by atoms with Gasteiger partial charge in [0.1, 0.15) is 12.2 Å². The van der Waals surface area contributed by atoms with E-state index in [0.29, 0.717) is 0 Å². The fraction of sp³-hybridized carbons (Fsp3) is 0.500. The number of ether oxygens (including phenoxy) is 4. The SMILES string of the molecule is Cc1ccc([C@@H]2C[C@H](Cc3ccccc3)O[C@@H]3[C@H]4OC(C)(C)O[C@H]4O[C@@H]32)cc1. The van der Waals surface area contributed by atoms with E-state index >= 15 is 0 Å². The van der Waals surface area contributed by atoms with Gasteiger partial charge in [0.15, 0.2) is 12.1 Å². The first-order chi connectivity index (χ1) is 13.5. The predicted octanol–water partition coefficient (Wildman–Crippen LogP) is 4.36. The molecule has 0 aromatic heterocycles. The Morgan fingerprint density at radius 1 is 0.857 bits per heavy atom. The Bertz CT molecular complexity index is 816. The summed E-state index contributed by atoms with van der Waals surface area (Å²) in [6.45, 7) is 5.99. The minimum atomic E-state index is -0.630. The third-order valence-electron chi connectivity index (χ3n) is 6.10. The third-order valence-corrected chi connectivity index (χ3v) is 6.10. The van der Waals surface area contributed by atoms with Crippen LogP contribution in [0.3, 0.4) is 0 Å². The maximum Gasteiger partial charge on any atom is 0.190 e. The maximum absolute atomic E-state index is 6.57. The normalized spacial score (nSPS) is 36.1. The number of hydrogen-bond acceptors (Lipinski definition) is 4. The molecule has 0 bridgehead atoms. The van der Waals surface area contributed by atoms with Crippen LogP contribution in [0.15, 0.2) is 54.6 Å². The second kappa shape index (κ2) is 6.96. The average Bonchev–Trinajstić information content (AvgIpc) is 3.15. The molecule has 0 saturated carbocycles. The van der Waals surface area contributed by atoms with E-state index in [4.69, 9.17) is 18.9 Å². The summed E-state index contributed by atoms with van der Waals surface area (Å²) in [7, 11) is 0. The van der Waals surface area contributed by atoms with Crippen LogP contribution in [-0.2, 0) is 25.4 Å². The number of fused-ring (bicyclic) bond motifs is 3. The molecular weight excluding hydrogens is 352 g/mol. The first-order valence-corrected chi connectivity index (χ1v) is 10.3. The Kier molecular flexibility index (Phi) is 4.55. The van der Waals surface area contributed by atoms with Crippen LogP contribution in [-0.4, -0.2) is 36.5 Å². The molecule has 0 spiro atoms. The minimum absolute atomic E-state index is 0.0409. The molecule has 28 heavy (non-hydrogen) atoms. The van der Waals surface area contributed by atoms with Crippen LogP contribution in [0, 0.1) is 6.92 Å². The van der Waals surface area contributed by atoms with Crippen LogP contribution in [0.4, 0.5) is 0 Å². The zero-order valence-electron chi connectivity index (χ0n) is 16.7. The molecule has 3 heterocycles. The fourth-order valence-electron chi connectivity index (χ4n) is 4.83. The van der Waals surface area contributed by atoms with Crippen LogP contribution in [0.1, 0.15) is 42.9 Å². The number of rotatable bonds is 3. The lowest BCUT2D eigenvalue weighted by Gasteiger charge is -2.40. The molecule has 3 fully saturated rings. The van der Waals surface area contributed by atoms with Gasteiger partial charge in [-0.05, 0) is 44.7 Å². The highest BCUT2D eigenvalue weighted by Crippen LogP contribution is 2.47. The molecule has 0 radical (unpaired) electrons. The summed E-state index contributed by atoms with van der Waals surface area (Å²) < 4.78 is 25.1. The van der Waals surface area contributed by atoms with Gasteiger partial charge in [-0.3, -0.25) is 0 Å². The van der Waals surface area contributed by atoms with Crippen molar-refractivity contribution in [1.82, 2.24) is 0 Å². The maximum atomic E-state index is 6.57. The summed E-state index contributed by atoms with van der Waals surface area (Å²) in [5, 5.41) is 0. The Labute approximate surface area is 166 Å². The molecule has 4 nitrogen and oxygen atoms in total. The molecule has 0 amide bonds. The van der Waals surface area contributed by atoms with Gasteiger partial charge >= 0.3 is 0 Å². The Morgan fingerprint density at radius 3 is 2.36 bits per heavy atom. The van der Waals surface area contributed by atoms with Gasteiger partial charge in [-0.1, -0.05) is 60.2 Å². The van der Waals surface area contributed by atoms with E-state index in [0.717, 1.165) is 12.8 Å². The smallest absolute Gasteiger partial charge is 0.190 e. The van der Waals surface area contributed by atoms with Gasteiger partial charge < -0.3 is 18.9 Å². The summed E-state index contributed by atoms with van der Waals surface area (Å²) in [5.74, 6) is -0.357. The zero-order valence-corrected chi connectivity index (χ0v) is 16.7.